The van der Waals surface area contributed by atoms with Gasteiger partial charge in [0, 0.05) is 29.8 Å². The molecule has 0 atom stereocenters. The third-order valence-corrected chi connectivity index (χ3v) is 4.13. The smallest absolute Gasteiger partial charge is 0.0406 e. The molecule has 0 amide bonds. The number of hydrogen-bond donors (Lipinski definition) is 3. The first kappa shape index (κ1) is 31.1. The van der Waals surface area contributed by atoms with E-state index in [2.05, 4.69) is 37.9 Å². The largest absolute Gasteiger partial charge is 0.269 e. The zero-order valence-electron chi connectivity index (χ0n) is 13.6. The van der Waals surface area contributed by atoms with Gasteiger partial charge in [-0.15, -0.1) is 37.9 Å². The van der Waals surface area contributed by atoms with E-state index in [1.165, 1.54) is 0 Å². The van der Waals surface area contributed by atoms with Crippen molar-refractivity contribution >= 4 is 72.7 Å². The summed E-state index contributed by atoms with van der Waals surface area (Å²) in [6.07, 6.45) is 0. The Morgan fingerprint density at radius 2 is 0.519 bits per heavy atom. The third-order valence-electron chi connectivity index (χ3n) is 2.48. The summed E-state index contributed by atoms with van der Waals surface area (Å²) in [4.78, 5) is 2.82. The van der Waals surface area contributed by atoms with Gasteiger partial charge in [0.15, 0.2) is 0 Å². The molecule has 0 aliphatic carbocycles. The predicted octanol–water partition coefficient (Wildman–Crippen LogP) is 8.34. The van der Waals surface area contributed by atoms with Crippen molar-refractivity contribution in [2.24, 2.45) is 0 Å². The van der Waals surface area contributed by atoms with Crippen LogP contribution in [0.25, 0.3) is 0 Å². The molecule has 0 spiro atoms. The van der Waals surface area contributed by atoms with Gasteiger partial charge in [0.25, 0.3) is 0 Å². The maximum Gasteiger partial charge on any atom is 0.0406 e. The third kappa shape index (κ3) is 16.1. The Bertz CT molecular complexity index is 559. The van der Waals surface area contributed by atoms with Gasteiger partial charge < -0.3 is 0 Å². The lowest BCUT2D eigenvalue weighted by Gasteiger charge is -1.87. The molecule has 3 aromatic rings. The van der Waals surface area contributed by atoms with Gasteiger partial charge in [-0.2, -0.15) is 0 Å². The molecule has 0 heterocycles. The van der Waals surface area contributed by atoms with Crippen molar-refractivity contribution in [1.29, 1.82) is 0 Å². The molecule has 0 unspecified atom stereocenters. The average molecular weight is 494 g/mol. The number of rotatable bonds is 0. The molecule has 0 bridgehead atoms. The van der Waals surface area contributed by atoms with E-state index in [-0.39, 0.29) is 14.1 Å². The van der Waals surface area contributed by atoms with Gasteiger partial charge in [0.1, 0.15) is 0 Å². The predicted molar refractivity (Wildman–Crippen MR) is 124 cm³/mol. The summed E-state index contributed by atoms with van der Waals surface area (Å²) in [5.74, 6) is 0. The molecule has 3 aromatic carbocycles. The van der Waals surface area contributed by atoms with Gasteiger partial charge in [-0.25, -0.2) is 0 Å². The van der Waals surface area contributed by atoms with E-state index < -0.39 is 0 Å². The Kier molecular flexibility index (Phi) is 20.1. The molecular weight excluding hydrogens is 476 g/mol. The average Bonchev–Trinajstić information content (AvgIpc) is 2.57. The molecule has 3 rings (SSSR count). The van der Waals surface area contributed by atoms with Crippen molar-refractivity contribution in [2.45, 2.75) is 14.7 Å². The summed E-state index contributed by atoms with van der Waals surface area (Å²) >= 11 is 29.0. The van der Waals surface area contributed by atoms with Crippen molar-refractivity contribution in [3.05, 3.63) is 87.9 Å². The highest BCUT2D eigenvalue weighted by molar-refractivity contribution is 7.80. The van der Waals surface area contributed by atoms with Gasteiger partial charge in [-0.1, -0.05) is 34.8 Å². The van der Waals surface area contributed by atoms with E-state index >= 15 is 0 Å². The molecule has 0 saturated carbocycles. The van der Waals surface area contributed by atoms with Gasteiger partial charge in [-0.3, -0.25) is 14.1 Å². The fourth-order valence-electron chi connectivity index (χ4n) is 1.32. The van der Waals surface area contributed by atoms with Gasteiger partial charge in [-0.05, 0) is 72.8 Å². The molecule has 0 nitrogen and oxygen atoms in total. The Morgan fingerprint density at radius 1 is 0.370 bits per heavy atom. The SMILES string of the molecule is F.F.F.Sc1ccc(Cl)cc1.Sc1ccc(Cl)cc1.Sc1ccc(Cl)cc1. The normalized spacial score (nSPS) is 8.22. The lowest BCUT2D eigenvalue weighted by molar-refractivity contribution is 1.11. The Labute approximate surface area is 188 Å². The summed E-state index contributed by atoms with van der Waals surface area (Å²) < 4.78 is 0. The van der Waals surface area contributed by atoms with Crippen LogP contribution >= 0.6 is 72.7 Å². The molecule has 27 heavy (non-hydrogen) atoms. The van der Waals surface area contributed by atoms with E-state index in [0.717, 1.165) is 29.8 Å². The molecule has 0 aliphatic rings. The van der Waals surface area contributed by atoms with Gasteiger partial charge >= 0.3 is 0 Å². The summed E-state index contributed by atoms with van der Waals surface area (Å²) in [6.45, 7) is 0. The topological polar surface area (TPSA) is 0 Å². The first-order chi connectivity index (χ1) is 11.4. The van der Waals surface area contributed by atoms with Crippen LogP contribution in [0.1, 0.15) is 0 Å². The van der Waals surface area contributed by atoms with Crippen LogP contribution < -0.4 is 0 Å². The van der Waals surface area contributed by atoms with Gasteiger partial charge in [0.05, 0.1) is 0 Å². The molecule has 0 saturated heterocycles. The summed E-state index contributed by atoms with van der Waals surface area (Å²) in [7, 11) is 0. The van der Waals surface area contributed by atoms with Crippen LogP contribution in [0.2, 0.25) is 15.1 Å². The van der Waals surface area contributed by atoms with Crippen LogP contribution in [-0.4, -0.2) is 0 Å². The number of thiol groups is 3. The summed E-state index contributed by atoms with van der Waals surface area (Å²) in [5, 5.41) is 2.26. The zero-order valence-corrected chi connectivity index (χ0v) is 18.6. The minimum absolute atomic E-state index is 0. The Morgan fingerprint density at radius 3 is 0.630 bits per heavy atom. The molecule has 0 N–H and O–H groups in total. The maximum absolute atomic E-state index is 5.58. The van der Waals surface area contributed by atoms with E-state index in [1.807, 2.05) is 72.8 Å². The van der Waals surface area contributed by atoms with Crippen molar-refractivity contribution in [2.75, 3.05) is 0 Å². The lowest BCUT2D eigenvalue weighted by Crippen LogP contribution is -1.61. The number of halogens is 6. The number of benzene rings is 3. The first-order valence-electron chi connectivity index (χ1n) is 6.70. The highest BCUT2D eigenvalue weighted by Crippen LogP contribution is 2.12. The quantitative estimate of drug-likeness (QED) is 0.257. The van der Waals surface area contributed by atoms with Gasteiger partial charge in [0.2, 0.25) is 0 Å². The second-order valence-corrected chi connectivity index (χ2v) is 7.29. The van der Waals surface area contributed by atoms with Crippen molar-refractivity contribution in [1.82, 2.24) is 0 Å². The summed E-state index contributed by atoms with van der Waals surface area (Å²) in [6, 6.07) is 22.0. The minimum Gasteiger partial charge on any atom is -0.269 e. The zero-order chi connectivity index (χ0) is 17.9. The van der Waals surface area contributed by atoms with Crippen LogP contribution in [0.5, 0.6) is 0 Å². The molecule has 0 aromatic heterocycles. The summed E-state index contributed by atoms with van der Waals surface area (Å²) in [5.41, 5.74) is 0. The lowest BCUT2D eigenvalue weighted by atomic mass is 10.4. The molecule has 150 valence electrons. The Hall–Kier alpha value is -0.630. The van der Waals surface area contributed by atoms with Crippen LogP contribution in [0.15, 0.2) is 87.5 Å². The van der Waals surface area contributed by atoms with E-state index in [0.29, 0.717) is 0 Å². The molecule has 9 heteroatoms. The number of hydrogen-bond acceptors (Lipinski definition) is 3. The van der Waals surface area contributed by atoms with E-state index in [9.17, 15) is 0 Å². The van der Waals surface area contributed by atoms with Crippen molar-refractivity contribution in [3.8, 4) is 0 Å². The van der Waals surface area contributed by atoms with E-state index in [4.69, 9.17) is 34.8 Å². The molecule has 0 radical (unpaired) electrons. The highest BCUT2D eigenvalue weighted by atomic mass is 35.5. The van der Waals surface area contributed by atoms with E-state index in [1.54, 1.807) is 0 Å². The van der Waals surface area contributed by atoms with Crippen LogP contribution in [0.4, 0.5) is 14.1 Å². The Balaban J connectivity index is -0.000000303. The maximum atomic E-state index is 5.58. The standard InChI is InChI=1S/3C6H5ClS.3FH/c3*7-5-1-3-6(8)4-2-5;;;/h3*1-4,8H;3*1H. The molecule has 0 aliphatic heterocycles. The van der Waals surface area contributed by atoms with Crippen molar-refractivity contribution < 1.29 is 14.1 Å². The van der Waals surface area contributed by atoms with Crippen LogP contribution in [0, 0.1) is 0 Å². The highest BCUT2D eigenvalue weighted by Gasteiger charge is 1.84. The second-order valence-electron chi connectivity index (χ2n) is 4.43. The van der Waals surface area contributed by atoms with Crippen LogP contribution in [0.3, 0.4) is 0 Å². The monoisotopic (exact) mass is 492 g/mol. The fourth-order valence-corrected chi connectivity index (χ4v) is 2.15. The second kappa shape index (κ2) is 17.5. The minimum atomic E-state index is 0. The first-order valence-corrected chi connectivity index (χ1v) is 9.18. The molecular formula is C18H18Cl3F3S3. The fraction of sp³-hybridized carbons (Fsp3) is 0. The van der Waals surface area contributed by atoms with Crippen molar-refractivity contribution in [3.63, 3.8) is 0 Å². The molecule has 0 fully saturated rings. The van der Waals surface area contributed by atoms with Crippen LogP contribution in [-0.2, 0) is 0 Å².